The van der Waals surface area contributed by atoms with Crippen LogP contribution in [0.2, 0.25) is 0 Å². The van der Waals surface area contributed by atoms with E-state index in [0.717, 1.165) is 23.5 Å². The van der Waals surface area contributed by atoms with Gasteiger partial charge < -0.3 is 24.4 Å². The number of hydrogen-bond acceptors (Lipinski definition) is 6. The number of para-hydroxylation sites is 2. The number of fused-ring (bicyclic) bond motifs is 2. The van der Waals surface area contributed by atoms with Gasteiger partial charge in [-0.15, -0.1) is 6.58 Å². The van der Waals surface area contributed by atoms with E-state index in [-0.39, 0.29) is 11.3 Å². The minimum atomic E-state index is -0.566. The Kier molecular flexibility index (Phi) is 3.80. The molecule has 0 radical (unpaired) electrons. The van der Waals surface area contributed by atoms with Gasteiger partial charge in [0.15, 0.2) is 11.3 Å². The summed E-state index contributed by atoms with van der Waals surface area (Å²) in [6.07, 6.45) is 1.85. The van der Waals surface area contributed by atoms with Crippen molar-refractivity contribution >= 4 is 22.3 Å². The molecule has 0 saturated heterocycles. The van der Waals surface area contributed by atoms with Crippen molar-refractivity contribution in [2.45, 2.75) is 6.54 Å². The van der Waals surface area contributed by atoms with Crippen LogP contribution in [-0.2, 0) is 6.54 Å². The average molecular weight is 350 g/mol. The fourth-order valence-electron chi connectivity index (χ4n) is 3.41. The van der Waals surface area contributed by atoms with Crippen molar-refractivity contribution in [1.82, 2.24) is 0 Å². The SMILES string of the molecule is C=CCN1CN(Cc2cc(=O)oc3c(O)c(O)ccc23)c2ccccc21. The van der Waals surface area contributed by atoms with Crippen molar-refractivity contribution in [2.24, 2.45) is 0 Å². The molecule has 0 amide bonds. The lowest BCUT2D eigenvalue weighted by Gasteiger charge is -2.21. The molecule has 0 fully saturated rings. The molecule has 2 aromatic carbocycles. The topological polar surface area (TPSA) is 77.2 Å². The van der Waals surface area contributed by atoms with Gasteiger partial charge in [0, 0.05) is 24.5 Å². The van der Waals surface area contributed by atoms with E-state index in [2.05, 4.69) is 22.4 Å². The van der Waals surface area contributed by atoms with Crippen LogP contribution in [0.3, 0.4) is 0 Å². The molecule has 6 heteroatoms. The molecule has 0 aliphatic carbocycles. The van der Waals surface area contributed by atoms with Crippen molar-refractivity contribution in [3.8, 4) is 11.5 Å². The quantitative estimate of drug-likeness (QED) is 0.428. The number of anilines is 2. The molecule has 0 bridgehead atoms. The van der Waals surface area contributed by atoms with Crippen molar-refractivity contribution in [3.63, 3.8) is 0 Å². The Balaban J connectivity index is 1.78. The first-order chi connectivity index (χ1) is 12.6. The molecular formula is C20H18N2O4. The van der Waals surface area contributed by atoms with Crippen molar-refractivity contribution in [3.05, 3.63) is 71.1 Å². The van der Waals surface area contributed by atoms with Crippen molar-refractivity contribution < 1.29 is 14.6 Å². The number of aromatic hydroxyl groups is 2. The third kappa shape index (κ3) is 2.56. The van der Waals surface area contributed by atoms with E-state index < -0.39 is 11.4 Å². The predicted molar refractivity (Wildman–Crippen MR) is 101 cm³/mol. The van der Waals surface area contributed by atoms with Crippen LogP contribution in [-0.4, -0.2) is 23.4 Å². The normalized spacial score (nSPS) is 13.2. The lowest BCUT2D eigenvalue weighted by atomic mass is 10.1. The molecule has 0 atom stereocenters. The van der Waals surface area contributed by atoms with Crippen LogP contribution < -0.4 is 15.4 Å². The summed E-state index contributed by atoms with van der Waals surface area (Å²) in [5.74, 6) is -0.738. The Bertz CT molecular complexity index is 1060. The zero-order valence-corrected chi connectivity index (χ0v) is 14.1. The van der Waals surface area contributed by atoms with Gasteiger partial charge in [0.1, 0.15) is 0 Å². The van der Waals surface area contributed by atoms with Gasteiger partial charge >= 0.3 is 5.63 Å². The van der Waals surface area contributed by atoms with Gasteiger partial charge in [-0.25, -0.2) is 4.79 Å². The molecule has 1 aromatic heterocycles. The molecule has 3 aromatic rings. The zero-order valence-electron chi connectivity index (χ0n) is 14.1. The molecule has 1 aliphatic heterocycles. The van der Waals surface area contributed by atoms with Gasteiger partial charge in [-0.05, 0) is 29.8 Å². The number of phenols is 2. The second kappa shape index (κ2) is 6.15. The van der Waals surface area contributed by atoms with E-state index in [1.165, 1.54) is 12.1 Å². The van der Waals surface area contributed by atoms with E-state index >= 15 is 0 Å². The molecular weight excluding hydrogens is 332 g/mol. The Hall–Kier alpha value is -3.41. The van der Waals surface area contributed by atoms with E-state index in [4.69, 9.17) is 4.42 Å². The maximum absolute atomic E-state index is 12.0. The van der Waals surface area contributed by atoms with E-state index in [1.807, 2.05) is 24.3 Å². The molecule has 2 N–H and O–H groups in total. The highest BCUT2D eigenvalue weighted by atomic mass is 16.4. The first-order valence-corrected chi connectivity index (χ1v) is 8.26. The van der Waals surface area contributed by atoms with Gasteiger partial charge in [0.25, 0.3) is 0 Å². The maximum Gasteiger partial charge on any atom is 0.336 e. The van der Waals surface area contributed by atoms with E-state index in [9.17, 15) is 15.0 Å². The second-order valence-electron chi connectivity index (χ2n) is 6.24. The van der Waals surface area contributed by atoms with Crippen LogP contribution in [0, 0.1) is 0 Å². The van der Waals surface area contributed by atoms with Crippen LogP contribution in [0.25, 0.3) is 11.0 Å². The third-order valence-electron chi connectivity index (χ3n) is 4.57. The monoisotopic (exact) mass is 350 g/mol. The lowest BCUT2D eigenvalue weighted by molar-refractivity contribution is 0.397. The Labute approximate surface area is 149 Å². The molecule has 6 nitrogen and oxygen atoms in total. The largest absolute Gasteiger partial charge is 0.504 e. The summed E-state index contributed by atoms with van der Waals surface area (Å²) >= 11 is 0. The molecule has 26 heavy (non-hydrogen) atoms. The average Bonchev–Trinajstić information content (AvgIpc) is 2.97. The van der Waals surface area contributed by atoms with E-state index in [1.54, 1.807) is 6.07 Å². The molecule has 2 heterocycles. The summed E-state index contributed by atoms with van der Waals surface area (Å²) in [6.45, 7) is 5.67. The molecule has 0 spiro atoms. The summed E-state index contributed by atoms with van der Waals surface area (Å²) < 4.78 is 5.10. The zero-order chi connectivity index (χ0) is 18.3. The summed E-state index contributed by atoms with van der Waals surface area (Å²) in [5, 5.41) is 20.3. The van der Waals surface area contributed by atoms with Crippen LogP contribution in [0.4, 0.5) is 11.4 Å². The van der Waals surface area contributed by atoms with Gasteiger partial charge in [-0.3, -0.25) is 0 Å². The Morgan fingerprint density at radius 1 is 1.12 bits per heavy atom. The highest BCUT2D eigenvalue weighted by Crippen LogP contribution is 2.38. The predicted octanol–water partition coefficient (Wildman–Crippen LogP) is 3.17. The fourth-order valence-corrected chi connectivity index (χ4v) is 3.41. The van der Waals surface area contributed by atoms with Crippen LogP contribution >= 0.6 is 0 Å². The number of nitrogens with zero attached hydrogens (tertiary/aromatic N) is 2. The Morgan fingerprint density at radius 3 is 2.58 bits per heavy atom. The molecule has 132 valence electrons. The minimum absolute atomic E-state index is 0.00271. The smallest absolute Gasteiger partial charge is 0.336 e. The van der Waals surface area contributed by atoms with Crippen molar-refractivity contribution in [1.29, 1.82) is 0 Å². The highest BCUT2D eigenvalue weighted by molar-refractivity contribution is 5.88. The first-order valence-electron chi connectivity index (χ1n) is 8.26. The summed E-state index contributed by atoms with van der Waals surface area (Å²) in [6, 6.07) is 12.5. The molecule has 0 unspecified atom stereocenters. The van der Waals surface area contributed by atoms with Crippen LogP contribution in [0.15, 0.2) is 64.3 Å². The highest BCUT2D eigenvalue weighted by Gasteiger charge is 2.25. The number of phenolic OH excluding ortho intramolecular Hbond substituents is 2. The van der Waals surface area contributed by atoms with E-state index in [0.29, 0.717) is 18.6 Å². The van der Waals surface area contributed by atoms with Crippen LogP contribution in [0.5, 0.6) is 11.5 Å². The number of hydrogen-bond donors (Lipinski definition) is 2. The molecule has 1 aliphatic rings. The van der Waals surface area contributed by atoms with Crippen LogP contribution in [0.1, 0.15) is 5.56 Å². The maximum atomic E-state index is 12.0. The van der Waals surface area contributed by atoms with Gasteiger partial charge in [-0.1, -0.05) is 18.2 Å². The third-order valence-corrected chi connectivity index (χ3v) is 4.57. The number of rotatable bonds is 4. The van der Waals surface area contributed by atoms with Gasteiger partial charge in [0.2, 0.25) is 5.75 Å². The minimum Gasteiger partial charge on any atom is -0.504 e. The summed E-state index contributed by atoms with van der Waals surface area (Å²) in [5.41, 5.74) is 2.34. The standard InChI is InChI=1S/C20H18N2O4/c1-2-9-21-12-22(16-6-4-3-5-15(16)21)11-13-10-18(24)26-20-14(13)7-8-17(23)19(20)25/h2-8,10,23,25H,1,9,11-12H2. The summed E-state index contributed by atoms with van der Waals surface area (Å²) in [7, 11) is 0. The van der Waals surface area contributed by atoms with Gasteiger partial charge in [0.05, 0.1) is 18.0 Å². The van der Waals surface area contributed by atoms with Gasteiger partial charge in [-0.2, -0.15) is 0 Å². The first kappa shape index (κ1) is 16.1. The number of benzene rings is 2. The molecule has 4 rings (SSSR count). The van der Waals surface area contributed by atoms with Crippen molar-refractivity contribution in [2.75, 3.05) is 23.0 Å². The Morgan fingerprint density at radius 2 is 1.85 bits per heavy atom. The second-order valence-corrected chi connectivity index (χ2v) is 6.24. The summed E-state index contributed by atoms with van der Waals surface area (Å²) in [4.78, 5) is 16.3. The lowest BCUT2D eigenvalue weighted by Crippen LogP contribution is -2.30. The fraction of sp³-hybridized carbons (Fsp3) is 0.150. The molecule has 0 saturated carbocycles.